The van der Waals surface area contributed by atoms with E-state index in [2.05, 4.69) is 5.32 Å². The van der Waals surface area contributed by atoms with Gasteiger partial charge in [0.1, 0.15) is 0 Å². The van der Waals surface area contributed by atoms with Crippen molar-refractivity contribution in [2.45, 2.75) is 25.7 Å². The van der Waals surface area contributed by atoms with Gasteiger partial charge in [-0.05, 0) is 36.2 Å². The van der Waals surface area contributed by atoms with E-state index in [0.717, 1.165) is 11.1 Å². The lowest BCUT2D eigenvalue weighted by Crippen LogP contribution is -2.31. The Morgan fingerprint density at radius 2 is 1.53 bits per heavy atom. The highest BCUT2D eigenvalue weighted by Gasteiger charge is 2.24. The van der Waals surface area contributed by atoms with Gasteiger partial charge in [0.2, 0.25) is 10.0 Å². The fraction of sp³-hybridized carbons (Fsp3) is 0.208. The largest absolute Gasteiger partial charge is 0.321 e. The van der Waals surface area contributed by atoms with Gasteiger partial charge >= 0.3 is 0 Å². The monoisotopic (exact) mass is 422 g/mol. The molecule has 0 saturated heterocycles. The number of para-hydroxylation sites is 1. The molecule has 0 spiro atoms. The molecule has 3 aromatic carbocycles. The Bertz CT molecular complexity index is 1140. The number of hydrogen-bond donors (Lipinski definition) is 1. The molecule has 0 aliphatic rings. The molecule has 30 heavy (non-hydrogen) atoms. The number of nitrogens with one attached hydrogen (secondary N) is 1. The molecule has 6 heteroatoms. The van der Waals surface area contributed by atoms with Crippen LogP contribution in [0, 0.1) is 6.92 Å². The number of carbonyl (C=O) groups is 1. The molecule has 0 aliphatic heterocycles. The number of benzene rings is 3. The molecule has 0 bridgehead atoms. The molecule has 0 atom stereocenters. The molecule has 0 unspecified atom stereocenters. The van der Waals surface area contributed by atoms with E-state index < -0.39 is 10.0 Å². The van der Waals surface area contributed by atoms with Crippen molar-refractivity contribution in [2.24, 2.45) is 0 Å². The molecule has 0 saturated carbocycles. The van der Waals surface area contributed by atoms with Crippen molar-refractivity contribution in [1.82, 2.24) is 4.31 Å². The molecule has 3 rings (SSSR count). The lowest BCUT2D eigenvalue weighted by molar-refractivity contribution is 0.102. The lowest BCUT2D eigenvalue weighted by atomic mass is 10.0. The number of sulfonamides is 1. The first-order valence-corrected chi connectivity index (χ1v) is 11.4. The minimum Gasteiger partial charge on any atom is -0.321 e. The minimum atomic E-state index is -3.66. The Morgan fingerprint density at radius 3 is 2.20 bits per heavy atom. The van der Waals surface area contributed by atoms with E-state index in [-0.39, 0.29) is 10.8 Å². The van der Waals surface area contributed by atoms with Gasteiger partial charge < -0.3 is 5.32 Å². The van der Waals surface area contributed by atoms with Crippen LogP contribution in [0.1, 0.15) is 29.8 Å². The van der Waals surface area contributed by atoms with Crippen LogP contribution in [-0.2, 0) is 10.0 Å². The van der Waals surface area contributed by atoms with Crippen LogP contribution < -0.4 is 5.32 Å². The van der Waals surface area contributed by atoms with Crippen LogP contribution in [0.25, 0.3) is 11.1 Å². The number of hydrogen-bond acceptors (Lipinski definition) is 3. The zero-order valence-corrected chi connectivity index (χ0v) is 18.2. The van der Waals surface area contributed by atoms with Crippen LogP contribution in [-0.4, -0.2) is 31.7 Å². The van der Waals surface area contributed by atoms with Gasteiger partial charge in [0.15, 0.2) is 0 Å². The lowest BCUT2D eigenvalue weighted by Gasteiger charge is -2.20. The van der Waals surface area contributed by atoms with E-state index in [0.29, 0.717) is 29.9 Å². The second kappa shape index (κ2) is 9.24. The van der Waals surface area contributed by atoms with Crippen LogP contribution in [0.4, 0.5) is 5.69 Å². The van der Waals surface area contributed by atoms with E-state index in [1.165, 1.54) is 10.4 Å². The average molecular weight is 423 g/mol. The number of carbonyl (C=O) groups excluding carboxylic acids is 1. The van der Waals surface area contributed by atoms with Gasteiger partial charge in [-0.1, -0.05) is 68.4 Å². The molecule has 0 aliphatic carbocycles. The zero-order chi connectivity index (χ0) is 21.7. The van der Waals surface area contributed by atoms with E-state index >= 15 is 0 Å². The summed E-state index contributed by atoms with van der Waals surface area (Å²) in [5, 5.41) is 2.93. The summed E-state index contributed by atoms with van der Waals surface area (Å²) < 4.78 is 27.4. The van der Waals surface area contributed by atoms with Crippen LogP contribution in [0.3, 0.4) is 0 Å². The van der Waals surface area contributed by atoms with Gasteiger partial charge in [-0.15, -0.1) is 0 Å². The highest BCUT2D eigenvalue weighted by Crippen LogP contribution is 2.28. The summed E-state index contributed by atoms with van der Waals surface area (Å²) in [5.74, 6) is -0.352. The van der Waals surface area contributed by atoms with Crippen molar-refractivity contribution in [3.8, 4) is 11.1 Å². The summed E-state index contributed by atoms with van der Waals surface area (Å²) in [6, 6.07) is 22.1. The third-order valence-corrected chi connectivity index (χ3v) is 7.23. The van der Waals surface area contributed by atoms with Gasteiger partial charge in [0, 0.05) is 29.9 Å². The standard InChI is InChI=1S/C24H26N2O3S/c1-4-26(5-2)30(28,29)23-17-20(16-15-18(23)3)24(27)25-22-14-10-9-13-21(22)19-11-7-6-8-12-19/h6-17H,4-5H2,1-3H3,(H,25,27). The third kappa shape index (κ3) is 4.45. The molecule has 1 N–H and O–H groups in total. The van der Waals surface area contributed by atoms with Crippen LogP contribution in [0.5, 0.6) is 0 Å². The quantitative estimate of drug-likeness (QED) is 0.586. The van der Waals surface area contributed by atoms with Crippen molar-refractivity contribution >= 4 is 21.6 Å². The van der Waals surface area contributed by atoms with Gasteiger partial charge in [0.05, 0.1) is 4.90 Å². The summed E-state index contributed by atoms with van der Waals surface area (Å²) in [6.45, 7) is 6.09. The fourth-order valence-corrected chi connectivity index (χ4v) is 5.09. The Hall–Kier alpha value is -2.96. The normalized spacial score (nSPS) is 11.5. The van der Waals surface area contributed by atoms with Gasteiger partial charge in [-0.25, -0.2) is 8.42 Å². The molecule has 156 valence electrons. The highest BCUT2D eigenvalue weighted by molar-refractivity contribution is 7.89. The first-order valence-electron chi connectivity index (χ1n) is 9.95. The molecule has 1 amide bonds. The highest BCUT2D eigenvalue weighted by atomic mass is 32.2. The number of nitrogens with zero attached hydrogens (tertiary/aromatic N) is 1. The zero-order valence-electron chi connectivity index (χ0n) is 17.4. The van der Waals surface area contributed by atoms with Crippen molar-refractivity contribution in [3.05, 3.63) is 83.9 Å². The Kier molecular flexibility index (Phi) is 6.70. The van der Waals surface area contributed by atoms with Crippen LogP contribution >= 0.6 is 0 Å². The predicted octanol–water partition coefficient (Wildman–Crippen LogP) is 4.94. The Labute approximate surface area is 178 Å². The SMILES string of the molecule is CCN(CC)S(=O)(=O)c1cc(C(=O)Nc2ccccc2-c2ccccc2)ccc1C. The average Bonchev–Trinajstić information content (AvgIpc) is 2.75. The minimum absolute atomic E-state index is 0.162. The van der Waals surface area contributed by atoms with Crippen molar-refractivity contribution in [1.29, 1.82) is 0 Å². The maximum atomic E-state index is 13.0. The first-order chi connectivity index (χ1) is 14.4. The topological polar surface area (TPSA) is 66.5 Å². The maximum absolute atomic E-state index is 13.0. The van der Waals surface area contributed by atoms with Gasteiger partial charge in [0.25, 0.3) is 5.91 Å². The Balaban J connectivity index is 1.95. The molecule has 0 heterocycles. The summed E-state index contributed by atoms with van der Waals surface area (Å²) in [7, 11) is -3.66. The second-order valence-electron chi connectivity index (χ2n) is 6.94. The predicted molar refractivity (Wildman–Crippen MR) is 121 cm³/mol. The van der Waals surface area contributed by atoms with Crippen molar-refractivity contribution in [3.63, 3.8) is 0 Å². The van der Waals surface area contributed by atoms with Crippen LogP contribution in [0.2, 0.25) is 0 Å². The fourth-order valence-electron chi connectivity index (χ4n) is 3.38. The number of amides is 1. The molecular formula is C24H26N2O3S. The molecule has 0 radical (unpaired) electrons. The molecule has 5 nitrogen and oxygen atoms in total. The summed E-state index contributed by atoms with van der Waals surface area (Å²) in [6.07, 6.45) is 0. The molecule has 3 aromatic rings. The van der Waals surface area contributed by atoms with E-state index in [9.17, 15) is 13.2 Å². The molecular weight excluding hydrogens is 396 g/mol. The Morgan fingerprint density at radius 1 is 0.900 bits per heavy atom. The van der Waals surface area contributed by atoms with Crippen molar-refractivity contribution in [2.75, 3.05) is 18.4 Å². The second-order valence-corrected chi connectivity index (χ2v) is 8.84. The first kappa shape index (κ1) is 21.7. The number of anilines is 1. The van der Waals surface area contributed by atoms with E-state index in [4.69, 9.17) is 0 Å². The maximum Gasteiger partial charge on any atom is 0.255 e. The van der Waals surface area contributed by atoms with Gasteiger partial charge in [-0.2, -0.15) is 4.31 Å². The summed E-state index contributed by atoms with van der Waals surface area (Å²) >= 11 is 0. The summed E-state index contributed by atoms with van der Waals surface area (Å²) in [4.78, 5) is 13.1. The van der Waals surface area contributed by atoms with Crippen molar-refractivity contribution < 1.29 is 13.2 Å². The molecule has 0 aromatic heterocycles. The smallest absolute Gasteiger partial charge is 0.255 e. The van der Waals surface area contributed by atoms with Gasteiger partial charge in [-0.3, -0.25) is 4.79 Å². The van der Waals surface area contributed by atoms with Crippen LogP contribution in [0.15, 0.2) is 77.7 Å². The third-order valence-electron chi connectivity index (χ3n) is 5.03. The molecule has 0 fully saturated rings. The summed E-state index contributed by atoms with van der Waals surface area (Å²) in [5.41, 5.74) is 3.47. The number of aryl methyl sites for hydroxylation is 1. The van der Waals surface area contributed by atoms with E-state index in [1.54, 1.807) is 32.9 Å². The van der Waals surface area contributed by atoms with E-state index in [1.807, 2.05) is 54.6 Å². The number of rotatable bonds is 7.